The summed E-state index contributed by atoms with van der Waals surface area (Å²) in [5.74, 6) is 0.0285. The van der Waals surface area contributed by atoms with Crippen molar-refractivity contribution in [1.29, 1.82) is 0 Å². The van der Waals surface area contributed by atoms with Crippen LogP contribution in [-0.2, 0) is 4.74 Å². The molecule has 7 heteroatoms. The molecule has 0 saturated heterocycles. The monoisotopic (exact) mass is 265 g/mol. The first-order chi connectivity index (χ1) is 6.95. The molecule has 0 aliphatic rings. The first-order valence-electron chi connectivity index (χ1n) is 4.50. The Morgan fingerprint density at radius 2 is 2.07 bits per heavy atom. The van der Waals surface area contributed by atoms with Crippen molar-refractivity contribution < 1.29 is 17.9 Å². The van der Waals surface area contributed by atoms with Gasteiger partial charge in [-0.2, -0.15) is 13.2 Å². The van der Waals surface area contributed by atoms with Gasteiger partial charge in [-0.1, -0.05) is 0 Å². The maximum absolute atomic E-state index is 11.7. The first-order valence-corrected chi connectivity index (χ1v) is 5.92. The number of hydrogen-bond acceptors (Lipinski definition) is 3. The molecule has 15 heavy (non-hydrogen) atoms. The highest BCUT2D eigenvalue weighted by molar-refractivity contribution is 8.00. The zero-order valence-electron chi connectivity index (χ0n) is 8.44. The fraction of sp³-hybridized carbons (Fsp3) is 1.00. The van der Waals surface area contributed by atoms with Crippen molar-refractivity contribution in [3.63, 3.8) is 0 Å². The molecule has 1 N–H and O–H groups in total. The molecule has 0 rings (SSSR count). The normalized spacial score (nSPS) is 14.2. The standard InChI is InChI=1S/C8H15ClF3NOS/c1-14-6-7(9)2-3-13-4-5-15-8(10,11)12/h7,13H,2-6H2,1H3. The van der Waals surface area contributed by atoms with Crippen LogP contribution in [0.25, 0.3) is 0 Å². The molecule has 0 bridgehead atoms. The molecule has 0 aromatic carbocycles. The number of thioether (sulfide) groups is 1. The molecule has 1 unspecified atom stereocenters. The van der Waals surface area contributed by atoms with Gasteiger partial charge in [-0.25, -0.2) is 0 Å². The van der Waals surface area contributed by atoms with E-state index in [2.05, 4.69) is 5.32 Å². The topological polar surface area (TPSA) is 21.3 Å². The predicted molar refractivity (Wildman–Crippen MR) is 57.5 cm³/mol. The molecule has 0 spiro atoms. The van der Waals surface area contributed by atoms with Gasteiger partial charge in [0.1, 0.15) is 0 Å². The van der Waals surface area contributed by atoms with E-state index in [-0.39, 0.29) is 22.9 Å². The zero-order chi connectivity index (χ0) is 11.7. The van der Waals surface area contributed by atoms with E-state index in [9.17, 15) is 13.2 Å². The summed E-state index contributed by atoms with van der Waals surface area (Å²) in [6.07, 6.45) is 0.687. The van der Waals surface area contributed by atoms with Crippen LogP contribution in [0.4, 0.5) is 13.2 Å². The Labute approximate surface area is 96.9 Å². The Balaban J connectivity index is 3.18. The van der Waals surface area contributed by atoms with Gasteiger partial charge in [-0.3, -0.25) is 0 Å². The SMILES string of the molecule is COCC(Cl)CCNCCSC(F)(F)F. The van der Waals surface area contributed by atoms with Crippen molar-refractivity contribution >= 4 is 23.4 Å². The lowest BCUT2D eigenvalue weighted by molar-refractivity contribution is -0.0327. The molecule has 0 aliphatic carbocycles. The average Bonchev–Trinajstić information content (AvgIpc) is 2.09. The third-order valence-electron chi connectivity index (χ3n) is 1.53. The molecular formula is C8H15ClF3NOS. The first kappa shape index (κ1) is 15.3. The summed E-state index contributed by atoms with van der Waals surface area (Å²) in [7, 11) is 1.56. The van der Waals surface area contributed by atoms with Crippen molar-refractivity contribution in [3.05, 3.63) is 0 Å². The lowest BCUT2D eigenvalue weighted by Gasteiger charge is -2.09. The average molecular weight is 266 g/mol. The van der Waals surface area contributed by atoms with E-state index in [0.29, 0.717) is 26.1 Å². The highest BCUT2D eigenvalue weighted by Gasteiger charge is 2.27. The number of methoxy groups -OCH3 is 1. The van der Waals surface area contributed by atoms with Crippen molar-refractivity contribution in [2.45, 2.75) is 17.3 Å². The van der Waals surface area contributed by atoms with Gasteiger partial charge >= 0.3 is 5.51 Å². The summed E-state index contributed by atoms with van der Waals surface area (Å²) in [5, 5.41) is 2.80. The van der Waals surface area contributed by atoms with Crippen LogP contribution < -0.4 is 5.32 Å². The lowest BCUT2D eigenvalue weighted by atomic mass is 10.3. The van der Waals surface area contributed by atoms with E-state index in [1.54, 1.807) is 7.11 Å². The van der Waals surface area contributed by atoms with Crippen molar-refractivity contribution in [2.75, 3.05) is 32.6 Å². The molecule has 0 aromatic heterocycles. The predicted octanol–water partition coefficient (Wildman–Crippen LogP) is 2.47. The molecule has 0 aromatic rings. The van der Waals surface area contributed by atoms with Crippen LogP contribution in [0.5, 0.6) is 0 Å². The van der Waals surface area contributed by atoms with Crippen LogP contribution >= 0.6 is 23.4 Å². The van der Waals surface area contributed by atoms with Gasteiger partial charge in [-0.15, -0.1) is 11.6 Å². The summed E-state index contributed by atoms with van der Waals surface area (Å²) in [6.45, 7) is 1.40. The summed E-state index contributed by atoms with van der Waals surface area (Å²) >= 11 is 5.80. The van der Waals surface area contributed by atoms with Gasteiger partial charge < -0.3 is 10.1 Å². The molecule has 2 nitrogen and oxygen atoms in total. The Bertz CT molecular complexity index is 159. The minimum absolute atomic E-state index is 0.0175. The van der Waals surface area contributed by atoms with Gasteiger partial charge in [-0.05, 0) is 24.7 Å². The molecule has 0 radical (unpaired) electrons. The summed E-state index contributed by atoms with van der Waals surface area (Å²) in [6, 6.07) is 0. The van der Waals surface area contributed by atoms with Crippen LogP contribution in [-0.4, -0.2) is 43.4 Å². The Morgan fingerprint density at radius 1 is 1.40 bits per heavy atom. The van der Waals surface area contributed by atoms with Crippen LogP contribution in [0.15, 0.2) is 0 Å². The van der Waals surface area contributed by atoms with Crippen LogP contribution in [0.3, 0.4) is 0 Å². The van der Waals surface area contributed by atoms with Gasteiger partial charge in [0.05, 0.1) is 12.0 Å². The third-order valence-corrected chi connectivity index (χ3v) is 2.61. The number of alkyl halides is 4. The highest BCUT2D eigenvalue weighted by Crippen LogP contribution is 2.29. The second-order valence-corrected chi connectivity index (χ2v) is 4.66. The molecule has 0 saturated carbocycles. The van der Waals surface area contributed by atoms with Gasteiger partial charge in [0.25, 0.3) is 0 Å². The quantitative estimate of drug-likeness (QED) is 0.538. The van der Waals surface area contributed by atoms with E-state index in [0.717, 1.165) is 0 Å². The minimum Gasteiger partial charge on any atom is -0.383 e. The Morgan fingerprint density at radius 3 is 2.60 bits per heavy atom. The van der Waals surface area contributed by atoms with Crippen LogP contribution in [0.1, 0.15) is 6.42 Å². The largest absolute Gasteiger partial charge is 0.441 e. The number of halogens is 4. The summed E-state index contributed by atoms with van der Waals surface area (Å²) in [4.78, 5) is 0. The van der Waals surface area contributed by atoms with Crippen molar-refractivity contribution in [1.82, 2.24) is 5.32 Å². The smallest absolute Gasteiger partial charge is 0.383 e. The molecule has 0 heterocycles. The van der Waals surface area contributed by atoms with Crippen molar-refractivity contribution in [2.24, 2.45) is 0 Å². The van der Waals surface area contributed by atoms with Gasteiger partial charge in [0, 0.05) is 19.4 Å². The summed E-state index contributed by atoms with van der Waals surface area (Å²) < 4.78 is 39.9. The Kier molecular flexibility index (Phi) is 8.69. The van der Waals surface area contributed by atoms with Crippen LogP contribution in [0.2, 0.25) is 0 Å². The molecular weight excluding hydrogens is 251 g/mol. The van der Waals surface area contributed by atoms with Crippen LogP contribution in [0, 0.1) is 0 Å². The second-order valence-electron chi connectivity index (χ2n) is 2.89. The van der Waals surface area contributed by atoms with Gasteiger partial charge in [0.2, 0.25) is 0 Å². The molecule has 92 valence electrons. The minimum atomic E-state index is -4.13. The number of rotatable bonds is 8. The number of ether oxygens (including phenoxy) is 1. The zero-order valence-corrected chi connectivity index (χ0v) is 10.0. The lowest BCUT2D eigenvalue weighted by Crippen LogP contribution is -2.23. The number of hydrogen-bond donors (Lipinski definition) is 1. The van der Waals surface area contributed by atoms with E-state index in [4.69, 9.17) is 16.3 Å². The summed E-state index contributed by atoms with van der Waals surface area (Å²) in [5.41, 5.74) is -4.13. The molecule has 0 amide bonds. The Hall–Kier alpha value is 0.350. The molecule has 1 atom stereocenters. The van der Waals surface area contributed by atoms with E-state index >= 15 is 0 Å². The van der Waals surface area contributed by atoms with Crippen molar-refractivity contribution in [3.8, 4) is 0 Å². The van der Waals surface area contributed by atoms with Gasteiger partial charge in [0.15, 0.2) is 0 Å². The fourth-order valence-electron chi connectivity index (χ4n) is 0.887. The van der Waals surface area contributed by atoms with E-state index in [1.807, 2.05) is 0 Å². The fourth-order valence-corrected chi connectivity index (χ4v) is 1.60. The molecule has 0 aliphatic heterocycles. The molecule has 0 fully saturated rings. The van der Waals surface area contributed by atoms with E-state index < -0.39 is 5.51 Å². The maximum atomic E-state index is 11.7. The van der Waals surface area contributed by atoms with E-state index in [1.165, 1.54) is 0 Å². The second kappa shape index (κ2) is 8.50. The third kappa shape index (κ3) is 12.3. The highest BCUT2D eigenvalue weighted by atomic mass is 35.5. The maximum Gasteiger partial charge on any atom is 0.441 e. The number of nitrogens with one attached hydrogen (secondary N) is 1.